The summed E-state index contributed by atoms with van der Waals surface area (Å²) in [5.41, 5.74) is 1.15. The summed E-state index contributed by atoms with van der Waals surface area (Å²) >= 11 is 0. The Kier molecular flexibility index (Phi) is 7.00. The predicted octanol–water partition coefficient (Wildman–Crippen LogP) is 5.59. The molecule has 0 N–H and O–H groups in total. The fraction of sp³-hybridized carbons (Fsp3) is 0.579. The first-order chi connectivity index (χ1) is 11.5. The van der Waals surface area contributed by atoms with E-state index in [0.29, 0.717) is 5.75 Å². The number of hydrogen-bond acceptors (Lipinski definition) is 2. The molecule has 134 valence electrons. The number of unbranched alkanes of at least 4 members (excludes halogenated alkanes) is 1. The maximum Gasteiger partial charge on any atom is 0.409 e. The number of hydrogen-bond donors (Lipinski definition) is 0. The van der Waals surface area contributed by atoms with Gasteiger partial charge in [0.1, 0.15) is 12.4 Å². The van der Waals surface area contributed by atoms with Crippen LogP contribution in [0.25, 0.3) is 0 Å². The van der Waals surface area contributed by atoms with Gasteiger partial charge in [0.15, 0.2) is 0 Å². The molecule has 2 nitrogen and oxygen atoms in total. The number of piperidine rings is 1. The van der Waals surface area contributed by atoms with Crippen molar-refractivity contribution in [1.82, 2.24) is 0 Å². The molecule has 0 amide bonds. The van der Waals surface area contributed by atoms with E-state index in [4.69, 9.17) is 4.74 Å². The Balaban J connectivity index is 1.77. The van der Waals surface area contributed by atoms with Gasteiger partial charge in [0, 0.05) is 24.9 Å². The molecule has 5 heteroatoms. The molecule has 0 saturated carbocycles. The van der Waals surface area contributed by atoms with Crippen LogP contribution in [0, 0.1) is 5.92 Å². The highest BCUT2D eigenvalue weighted by molar-refractivity contribution is 5.49. The summed E-state index contributed by atoms with van der Waals surface area (Å²) in [5.74, 6) is 1.44. The molecule has 1 saturated heterocycles. The van der Waals surface area contributed by atoms with Gasteiger partial charge in [0.2, 0.25) is 0 Å². The highest BCUT2D eigenvalue weighted by Crippen LogP contribution is 2.27. The topological polar surface area (TPSA) is 12.5 Å². The predicted molar refractivity (Wildman–Crippen MR) is 91.6 cm³/mol. The number of alkyl halides is 3. The Labute approximate surface area is 142 Å². The molecule has 1 heterocycles. The monoisotopic (exact) mass is 341 g/mol. The van der Waals surface area contributed by atoms with Crippen LogP contribution in [-0.2, 0) is 0 Å². The van der Waals surface area contributed by atoms with Crippen molar-refractivity contribution in [2.75, 3.05) is 24.6 Å². The summed E-state index contributed by atoms with van der Waals surface area (Å²) in [5, 5.41) is 0. The van der Waals surface area contributed by atoms with Gasteiger partial charge in [-0.15, -0.1) is 0 Å². The quantitative estimate of drug-likeness (QED) is 0.599. The first-order valence-electron chi connectivity index (χ1n) is 8.70. The second-order valence-electron chi connectivity index (χ2n) is 6.32. The van der Waals surface area contributed by atoms with Crippen LogP contribution in [0.3, 0.4) is 0 Å². The van der Waals surface area contributed by atoms with Crippen molar-refractivity contribution >= 4 is 5.69 Å². The van der Waals surface area contributed by atoms with Crippen molar-refractivity contribution in [1.29, 1.82) is 0 Å². The molecular weight excluding hydrogens is 315 g/mol. The first-order valence-corrected chi connectivity index (χ1v) is 8.70. The molecule has 1 aromatic rings. The van der Waals surface area contributed by atoms with Crippen LogP contribution in [-0.4, -0.2) is 25.9 Å². The molecule has 0 spiro atoms. The number of rotatable bonds is 7. The van der Waals surface area contributed by atoms with Gasteiger partial charge < -0.3 is 9.64 Å². The summed E-state index contributed by atoms with van der Waals surface area (Å²) in [4.78, 5) is 2.37. The van der Waals surface area contributed by atoms with Gasteiger partial charge in [-0.2, -0.15) is 13.2 Å². The van der Waals surface area contributed by atoms with Gasteiger partial charge in [-0.05, 0) is 49.1 Å². The van der Waals surface area contributed by atoms with Crippen molar-refractivity contribution in [2.45, 2.75) is 45.2 Å². The molecule has 1 aromatic carbocycles. The second kappa shape index (κ2) is 9.00. The Morgan fingerprint density at radius 3 is 2.42 bits per heavy atom. The van der Waals surface area contributed by atoms with E-state index in [0.717, 1.165) is 30.8 Å². The van der Waals surface area contributed by atoms with Crippen LogP contribution < -0.4 is 9.64 Å². The van der Waals surface area contributed by atoms with E-state index >= 15 is 0 Å². The second-order valence-corrected chi connectivity index (χ2v) is 6.32. The van der Waals surface area contributed by atoms with Gasteiger partial charge >= 0.3 is 6.18 Å². The van der Waals surface area contributed by atoms with Crippen LogP contribution in [0.5, 0.6) is 5.75 Å². The Bertz CT molecular complexity index is 502. The van der Waals surface area contributed by atoms with Crippen molar-refractivity contribution in [3.8, 4) is 5.75 Å². The van der Waals surface area contributed by atoms with Crippen molar-refractivity contribution in [3.63, 3.8) is 0 Å². The molecule has 0 unspecified atom stereocenters. The molecule has 0 aliphatic carbocycles. The molecule has 1 aliphatic rings. The van der Waals surface area contributed by atoms with Crippen LogP contribution in [0.1, 0.15) is 39.0 Å². The molecule has 24 heavy (non-hydrogen) atoms. The molecule has 0 atom stereocenters. The van der Waals surface area contributed by atoms with Crippen LogP contribution in [0.4, 0.5) is 18.9 Å². The Morgan fingerprint density at radius 2 is 1.83 bits per heavy atom. The van der Waals surface area contributed by atoms with Crippen LogP contribution >= 0.6 is 0 Å². The SMILES string of the molecule is CCCCC1CCN(c2ccc(OCC=CC(F)(F)F)cc2)CC1. The van der Waals surface area contributed by atoms with Gasteiger partial charge in [0.05, 0.1) is 0 Å². The third-order valence-electron chi connectivity index (χ3n) is 4.44. The Morgan fingerprint density at radius 1 is 1.17 bits per heavy atom. The van der Waals surface area contributed by atoms with Gasteiger partial charge in [-0.25, -0.2) is 0 Å². The van der Waals surface area contributed by atoms with E-state index in [1.54, 1.807) is 0 Å². The van der Waals surface area contributed by atoms with Gasteiger partial charge in [0.25, 0.3) is 0 Å². The fourth-order valence-electron chi connectivity index (χ4n) is 3.05. The third kappa shape index (κ3) is 6.46. The molecule has 0 radical (unpaired) electrons. The smallest absolute Gasteiger partial charge is 0.409 e. The average molecular weight is 341 g/mol. The van der Waals surface area contributed by atoms with Crippen molar-refractivity contribution < 1.29 is 17.9 Å². The summed E-state index contributed by atoms with van der Waals surface area (Å²) in [6.07, 6.45) is 3.29. The number of anilines is 1. The molecular formula is C19H26F3NO. The summed E-state index contributed by atoms with van der Waals surface area (Å²) in [6.45, 7) is 4.30. The maximum absolute atomic E-state index is 12.0. The first kappa shape index (κ1) is 18.7. The largest absolute Gasteiger partial charge is 0.490 e. The molecule has 0 aromatic heterocycles. The van der Waals surface area contributed by atoms with E-state index in [1.165, 1.54) is 32.1 Å². The van der Waals surface area contributed by atoms with E-state index in [9.17, 15) is 13.2 Å². The van der Waals surface area contributed by atoms with Gasteiger partial charge in [-0.1, -0.05) is 26.2 Å². The zero-order valence-corrected chi connectivity index (χ0v) is 14.2. The molecule has 2 rings (SSSR count). The summed E-state index contributed by atoms with van der Waals surface area (Å²) in [7, 11) is 0. The highest BCUT2D eigenvalue weighted by Gasteiger charge is 2.21. The molecule has 1 aliphatic heterocycles. The highest BCUT2D eigenvalue weighted by atomic mass is 19.4. The number of halogens is 3. The molecule has 0 bridgehead atoms. The minimum Gasteiger partial charge on any atom is -0.490 e. The lowest BCUT2D eigenvalue weighted by atomic mass is 9.91. The normalized spacial score (nSPS) is 16.8. The zero-order valence-electron chi connectivity index (χ0n) is 14.2. The van der Waals surface area contributed by atoms with Crippen molar-refractivity contribution in [2.24, 2.45) is 5.92 Å². The van der Waals surface area contributed by atoms with Crippen LogP contribution in [0.15, 0.2) is 36.4 Å². The van der Waals surface area contributed by atoms with E-state index in [-0.39, 0.29) is 12.7 Å². The summed E-state index contributed by atoms with van der Waals surface area (Å²) < 4.78 is 41.3. The number of nitrogens with zero attached hydrogens (tertiary/aromatic N) is 1. The lowest BCUT2D eigenvalue weighted by Crippen LogP contribution is -2.33. The number of allylic oxidation sites excluding steroid dienone is 1. The Hall–Kier alpha value is -1.65. The fourth-order valence-corrected chi connectivity index (χ4v) is 3.05. The lowest BCUT2D eigenvalue weighted by molar-refractivity contribution is -0.0801. The van der Waals surface area contributed by atoms with Gasteiger partial charge in [-0.3, -0.25) is 0 Å². The van der Waals surface area contributed by atoms with E-state index < -0.39 is 6.18 Å². The zero-order chi connectivity index (χ0) is 17.4. The third-order valence-corrected chi connectivity index (χ3v) is 4.44. The minimum absolute atomic E-state index is 0.0817. The van der Waals surface area contributed by atoms with E-state index in [2.05, 4.69) is 11.8 Å². The van der Waals surface area contributed by atoms with Crippen molar-refractivity contribution in [3.05, 3.63) is 36.4 Å². The number of benzene rings is 1. The summed E-state index contributed by atoms with van der Waals surface area (Å²) in [6, 6.07) is 7.60. The standard InChI is InChI=1S/C19H26F3NO/c1-2-3-5-16-10-13-23(14-11-16)17-6-8-18(9-7-17)24-15-4-12-19(20,21)22/h4,6-9,12,16H,2-3,5,10-11,13-15H2,1H3. The van der Waals surface area contributed by atoms with E-state index in [1.807, 2.05) is 24.3 Å². The number of ether oxygens (including phenoxy) is 1. The lowest BCUT2D eigenvalue weighted by Gasteiger charge is -2.33. The average Bonchev–Trinajstić information content (AvgIpc) is 2.57. The minimum atomic E-state index is -4.28. The molecule has 1 fully saturated rings. The maximum atomic E-state index is 12.0. The van der Waals surface area contributed by atoms with Crippen LogP contribution in [0.2, 0.25) is 0 Å².